The number of benzene rings is 1. The number of halogens is 1. The zero-order chi connectivity index (χ0) is 15.4. The van der Waals surface area contributed by atoms with Gasteiger partial charge >= 0.3 is 5.97 Å². The lowest BCUT2D eigenvalue weighted by Crippen LogP contribution is -2.49. The molecule has 23 heavy (non-hydrogen) atoms. The third-order valence-corrected chi connectivity index (χ3v) is 4.98. The van der Waals surface area contributed by atoms with Gasteiger partial charge in [-0.05, 0) is 63.0 Å². The first kappa shape index (κ1) is 18.1. The summed E-state index contributed by atoms with van der Waals surface area (Å²) in [5, 5.41) is 0. The number of rotatable bonds is 4. The van der Waals surface area contributed by atoms with Crippen molar-refractivity contribution in [1.29, 1.82) is 0 Å². The highest BCUT2D eigenvalue weighted by Crippen LogP contribution is 2.31. The summed E-state index contributed by atoms with van der Waals surface area (Å²) in [4.78, 5) is 14.8. The lowest BCUT2D eigenvalue weighted by Gasteiger charge is -2.44. The average Bonchev–Trinajstić information content (AvgIpc) is 2.59. The van der Waals surface area contributed by atoms with Gasteiger partial charge in [-0.2, -0.15) is 0 Å². The molecule has 0 N–H and O–H groups in total. The highest BCUT2D eigenvalue weighted by atomic mass is 35.5. The Hall–Kier alpha value is -1.26. The number of carbonyl (C=O) groups is 1. The molecule has 2 saturated heterocycles. The van der Waals surface area contributed by atoms with E-state index < -0.39 is 0 Å². The molecule has 128 valence electrons. The van der Waals surface area contributed by atoms with Crippen molar-refractivity contribution in [2.45, 2.75) is 38.1 Å². The maximum Gasteiger partial charge on any atom is 0.338 e. The number of hydrogen-bond acceptors (Lipinski definition) is 4. The van der Waals surface area contributed by atoms with Crippen molar-refractivity contribution in [3.8, 4) is 5.75 Å². The van der Waals surface area contributed by atoms with Crippen LogP contribution in [0.15, 0.2) is 24.3 Å². The Morgan fingerprint density at radius 3 is 2.61 bits per heavy atom. The number of hydrogen-bond donors (Lipinski definition) is 0. The van der Waals surface area contributed by atoms with Crippen LogP contribution in [0.2, 0.25) is 0 Å². The summed E-state index contributed by atoms with van der Waals surface area (Å²) in [6.07, 6.45) is 6.28. The number of nitrogens with zero attached hydrogens (tertiary/aromatic N) is 1. The van der Waals surface area contributed by atoms with Gasteiger partial charge in [-0.25, -0.2) is 4.79 Å². The fraction of sp³-hybridized carbons (Fsp3) is 0.611. The Labute approximate surface area is 144 Å². The van der Waals surface area contributed by atoms with Gasteiger partial charge in [-0.1, -0.05) is 6.42 Å². The molecule has 0 aliphatic carbocycles. The number of esters is 1. The predicted molar refractivity (Wildman–Crippen MR) is 92.5 cm³/mol. The van der Waals surface area contributed by atoms with Crippen molar-refractivity contribution in [1.82, 2.24) is 4.90 Å². The van der Waals surface area contributed by atoms with Crippen LogP contribution in [-0.2, 0) is 4.74 Å². The van der Waals surface area contributed by atoms with Crippen molar-refractivity contribution in [3.63, 3.8) is 0 Å². The van der Waals surface area contributed by atoms with Crippen LogP contribution in [-0.4, -0.2) is 43.7 Å². The Morgan fingerprint density at radius 1 is 1.13 bits per heavy atom. The van der Waals surface area contributed by atoms with Crippen molar-refractivity contribution in [2.24, 2.45) is 5.92 Å². The first-order valence-corrected chi connectivity index (χ1v) is 8.33. The minimum Gasteiger partial charge on any atom is -0.497 e. The van der Waals surface area contributed by atoms with Gasteiger partial charge in [0, 0.05) is 12.0 Å². The maximum atomic E-state index is 12.2. The van der Waals surface area contributed by atoms with Crippen LogP contribution in [0.25, 0.3) is 0 Å². The van der Waals surface area contributed by atoms with Crippen LogP contribution in [0.1, 0.15) is 42.5 Å². The lowest BCUT2D eigenvalue weighted by molar-refractivity contribution is 0.00739. The first-order valence-electron chi connectivity index (χ1n) is 8.33. The second-order valence-electron chi connectivity index (χ2n) is 6.33. The molecule has 5 heteroatoms. The third-order valence-electron chi connectivity index (χ3n) is 4.98. The van der Waals surface area contributed by atoms with Gasteiger partial charge in [-0.3, -0.25) is 4.90 Å². The zero-order valence-electron chi connectivity index (χ0n) is 13.7. The molecule has 0 bridgehead atoms. The lowest BCUT2D eigenvalue weighted by atomic mass is 9.84. The second-order valence-corrected chi connectivity index (χ2v) is 6.33. The summed E-state index contributed by atoms with van der Waals surface area (Å²) in [5.41, 5.74) is 0.595. The molecule has 2 fully saturated rings. The van der Waals surface area contributed by atoms with Gasteiger partial charge in [0.1, 0.15) is 5.75 Å². The van der Waals surface area contributed by atoms with Crippen LogP contribution in [0, 0.1) is 5.92 Å². The number of fused-ring (bicyclic) bond motifs is 1. The molecular formula is C18H26ClNO3. The van der Waals surface area contributed by atoms with Crippen molar-refractivity contribution in [3.05, 3.63) is 29.8 Å². The standard InChI is InChI=1S/C18H25NO3.ClH/c1-21-16-9-7-14(8-10-16)18(20)22-13-15-5-4-12-19-11-3-2-6-17(15)19;/h7-10,15,17H,2-6,11-13H2,1H3;1H/t15-,17?;/m1./s1. The molecule has 2 heterocycles. The fourth-order valence-electron chi connectivity index (χ4n) is 3.76. The van der Waals surface area contributed by atoms with E-state index in [1.54, 1.807) is 31.4 Å². The minimum atomic E-state index is -0.226. The van der Waals surface area contributed by atoms with E-state index in [9.17, 15) is 4.79 Å². The molecular weight excluding hydrogens is 314 g/mol. The van der Waals surface area contributed by atoms with Crippen molar-refractivity contribution < 1.29 is 14.3 Å². The number of ether oxygens (including phenoxy) is 2. The molecule has 4 nitrogen and oxygen atoms in total. The summed E-state index contributed by atoms with van der Waals surface area (Å²) in [7, 11) is 1.62. The number of methoxy groups -OCH3 is 1. The third kappa shape index (κ3) is 4.39. The summed E-state index contributed by atoms with van der Waals surface area (Å²) in [5.74, 6) is 1.02. The van der Waals surface area contributed by atoms with E-state index in [0.717, 1.165) is 5.75 Å². The zero-order valence-corrected chi connectivity index (χ0v) is 14.5. The van der Waals surface area contributed by atoms with Crippen molar-refractivity contribution >= 4 is 18.4 Å². The molecule has 0 radical (unpaired) electrons. The van der Waals surface area contributed by atoms with Crippen LogP contribution in [0.5, 0.6) is 5.75 Å². The van der Waals surface area contributed by atoms with E-state index >= 15 is 0 Å². The number of piperidine rings is 2. The average molecular weight is 340 g/mol. The maximum absolute atomic E-state index is 12.2. The van der Waals surface area contributed by atoms with Gasteiger partial charge in [0.05, 0.1) is 19.3 Å². The minimum absolute atomic E-state index is 0. The quantitative estimate of drug-likeness (QED) is 0.786. The molecule has 0 amide bonds. The molecule has 3 rings (SSSR count). The smallest absolute Gasteiger partial charge is 0.338 e. The topological polar surface area (TPSA) is 38.8 Å². The highest BCUT2D eigenvalue weighted by Gasteiger charge is 2.33. The van der Waals surface area contributed by atoms with Crippen LogP contribution in [0.4, 0.5) is 0 Å². The largest absolute Gasteiger partial charge is 0.497 e. The monoisotopic (exact) mass is 339 g/mol. The van der Waals surface area contributed by atoms with E-state index in [-0.39, 0.29) is 18.4 Å². The Morgan fingerprint density at radius 2 is 1.87 bits per heavy atom. The SMILES string of the molecule is COc1ccc(C(=O)OC[C@H]2CCCN3CCCCC23)cc1.Cl. The fourth-order valence-corrected chi connectivity index (χ4v) is 3.76. The van der Waals surface area contributed by atoms with Gasteiger partial charge in [0.2, 0.25) is 0 Å². The highest BCUT2D eigenvalue weighted by molar-refractivity contribution is 5.89. The molecule has 0 aromatic heterocycles. The van der Waals surface area contributed by atoms with E-state index in [1.165, 1.54) is 45.2 Å². The van der Waals surface area contributed by atoms with E-state index in [0.29, 0.717) is 24.1 Å². The molecule has 1 aromatic rings. The predicted octanol–water partition coefficient (Wildman–Crippen LogP) is 3.54. The van der Waals surface area contributed by atoms with Gasteiger partial charge < -0.3 is 9.47 Å². The van der Waals surface area contributed by atoms with Crippen LogP contribution in [0.3, 0.4) is 0 Å². The van der Waals surface area contributed by atoms with Gasteiger partial charge in [0.25, 0.3) is 0 Å². The molecule has 2 atom stereocenters. The summed E-state index contributed by atoms with van der Waals surface area (Å²) in [6.45, 7) is 2.98. The second kappa shape index (κ2) is 8.55. The van der Waals surface area contributed by atoms with Crippen LogP contribution >= 0.6 is 12.4 Å². The molecule has 0 saturated carbocycles. The van der Waals surface area contributed by atoms with Crippen LogP contribution < -0.4 is 4.74 Å². The molecule has 1 unspecified atom stereocenters. The molecule has 1 aromatic carbocycles. The summed E-state index contributed by atoms with van der Waals surface area (Å²) in [6, 6.07) is 7.72. The first-order chi connectivity index (χ1) is 10.8. The van der Waals surface area contributed by atoms with E-state index in [1.807, 2.05) is 0 Å². The van der Waals surface area contributed by atoms with Gasteiger partial charge in [-0.15, -0.1) is 12.4 Å². The molecule has 0 spiro atoms. The summed E-state index contributed by atoms with van der Waals surface area (Å²) >= 11 is 0. The Bertz CT molecular complexity index is 503. The number of carbonyl (C=O) groups excluding carboxylic acids is 1. The van der Waals surface area contributed by atoms with Crippen molar-refractivity contribution in [2.75, 3.05) is 26.8 Å². The molecule has 2 aliphatic heterocycles. The Balaban J connectivity index is 0.00000192. The van der Waals surface area contributed by atoms with E-state index in [4.69, 9.17) is 9.47 Å². The van der Waals surface area contributed by atoms with Gasteiger partial charge in [0.15, 0.2) is 0 Å². The Kier molecular flexibility index (Phi) is 6.72. The van der Waals surface area contributed by atoms with E-state index in [2.05, 4.69) is 4.90 Å². The molecule has 2 aliphatic rings. The normalized spacial score (nSPS) is 24.2. The summed E-state index contributed by atoms with van der Waals surface area (Å²) < 4.78 is 10.7.